The number of ether oxygens (including phenoxy) is 1. The van der Waals surface area contributed by atoms with Gasteiger partial charge < -0.3 is 4.74 Å². The van der Waals surface area contributed by atoms with Crippen LogP contribution >= 0.6 is 11.8 Å². The standard InChI is InChI=1S/C7H7NO3S/c1-4-8-7(10)5(12-4)3-6(9)11-2/h3H,1-2H3/b5-3+. The van der Waals surface area contributed by atoms with Gasteiger partial charge in [0.2, 0.25) is 0 Å². The van der Waals surface area contributed by atoms with E-state index in [9.17, 15) is 9.59 Å². The van der Waals surface area contributed by atoms with Crippen molar-refractivity contribution < 1.29 is 14.3 Å². The third-order valence-electron chi connectivity index (χ3n) is 1.18. The molecule has 0 aromatic heterocycles. The summed E-state index contributed by atoms with van der Waals surface area (Å²) in [5, 5.41) is 0.648. The summed E-state index contributed by atoms with van der Waals surface area (Å²) in [6.07, 6.45) is 1.15. The van der Waals surface area contributed by atoms with Crippen LogP contribution in [0.2, 0.25) is 0 Å². The van der Waals surface area contributed by atoms with Crippen LogP contribution in [0.1, 0.15) is 6.92 Å². The summed E-state index contributed by atoms with van der Waals surface area (Å²) in [6.45, 7) is 1.71. The van der Waals surface area contributed by atoms with Gasteiger partial charge in [-0.1, -0.05) is 11.8 Å². The highest BCUT2D eigenvalue weighted by molar-refractivity contribution is 8.18. The summed E-state index contributed by atoms with van der Waals surface area (Å²) in [5.41, 5.74) is 0. The first-order valence-corrected chi connectivity index (χ1v) is 4.02. The summed E-state index contributed by atoms with van der Waals surface area (Å²) < 4.78 is 4.36. The fourth-order valence-electron chi connectivity index (χ4n) is 0.681. The van der Waals surface area contributed by atoms with E-state index in [1.807, 2.05) is 0 Å². The molecule has 0 spiro atoms. The summed E-state index contributed by atoms with van der Waals surface area (Å²) in [4.78, 5) is 25.6. The average Bonchev–Trinajstić information content (AvgIpc) is 2.30. The van der Waals surface area contributed by atoms with Crippen molar-refractivity contribution in [2.75, 3.05) is 7.11 Å². The third kappa shape index (κ3) is 1.94. The Labute approximate surface area is 73.7 Å². The number of methoxy groups -OCH3 is 1. The first-order valence-electron chi connectivity index (χ1n) is 3.20. The third-order valence-corrected chi connectivity index (χ3v) is 2.08. The first-order chi connectivity index (χ1) is 5.63. The lowest BCUT2D eigenvalue weighted by Gasteiger charge is -1.91. The molecule has 0 unspecified atom stereocenters. The van der Waals surface area contributed by atoms with E-state index in [1.165, 1.54) is 18.9 Å². The zero-order valence-electron chi connectivity index (χ0n) is 6.66. The maximum atomic E-state index is 11.0. The Morgan fingerprint density at radius 3 is 2.75 bits per heavy atom. The Bertz CT molecular complexity index is 293. The summed E-state index contributed by atoms with van der Waals surface area (Å²) in [7, 11) is 1.26. The smallest absolute Gasteiger partial charge is 0.331 e. The lowest BCUT2D eigenvalue weighted by Crippen LogP contribution is -1.98. The molecule has 0 aliphatic carbocycles. The maximum absolute atomic E-state index is 11.0. The molecule has 1 aliphatic rings. The predicted octanol–water partition coefficient (Wildman–Crippen LogP) is 0.735. The number of carbonyl (C=O) groups is 2. The minimum absolute atomic E-state index is 0.319. The molecule has 0 saturated heterocycles. The van der Waals surface area contributed by atoms with Crippen LogP contribution in [-0.2, 0) is 14.3 Å². The number of esters is 1. The molecule has 0 aromatic carbocycles. The van der Waals surface area contributed by atoms with Crippen LogP contribution in [-0.4, -0.2) is 24.0 Å². The van der Waals surface area contributed by atoms with Crippen LogP contribution in [0.5, 0.6) is 0 Å². The van der Waals surface area contributed by atoms with Gasteiger partial charge in [0, 0.05) is 6.08 Å². The monoisotopic (exact) mass is 185 g/mol. The van der Waals surface area contributed by atoms with Gasteiger partial charge in [-0.2, -0.15) is 0 Å². The molecule has 1 rings (SSSR count). The van der Waals surface area contributed by atoms with Gasteiger partial charge in [0.25, 0.3) is 5.91 Å². The molecular formula is C7H7NO3S. The van der Waals surface area contributed by atoms with Gasteiger partial charge in [-0.05, 0) is 6.92 Å². The van der Waals surface area contributed by atoms with E-state index >= 15 is 0 Å². The van der Waals surface area contributed by atoms with Crippen LogP contribution in [0.3, 0.4) is 0 Å². The quantitative estimate of drug-likeness (QED) is 0.446. The second kappa shape index (κ2) is 3.53. The fourth-order valence-corrected chi connectivity index (χ4v) is 1.42. The molecule has 5 heteroatoms. The second-order valence-corrected chi connectivity index (χ2v) is 3.30. The molecule has 0 saturated carbocycles. The topological polar surface area (TPSA) is 55.7 Å². The van der Waals surface area contributed by atoms with Gasteiger partial charge in [-0.25, -0.2) is 9.79 Å². The molecule has 4 nitrogen and oxygen atoms in total. The van der Waals surface area contributed by atoms with Crippen molar-refractivity contribution in [3.8, 4) is 0 Å². The molecule has 1 amide bonds. The van der Waals surface area contributed by atoms with Crippen molar-refractivity contribution in [2.45, 2.75) is 6.92 Å². The molecular weight excluding hydrogens is 178 g/mol. The number of hydrogen-bond acceptors (Lipinski definition) is 4. The van der Waals surface area contributed by atoms with Crippen molar-refractivity contribution in [1.82, 2.24) is 0 Å². The number of nitrogens with zero attached hydrogens (tertiary/aromatic N) is 1. The first kappa shape index (κ1) is 8.99. The van der Waals surface area contributed by atoms with E-state index in [-0.39, 0.29) is 5.91 Å². The Hall–Kier alpha value is -1.10. The van der Waals surface area contributed by atoms with E-state index in [1.54, 1.807) is 6.92 Å². The molecule has 0 fully saturated rings. The molecule has 12 heavy (non-hydrogen) atoms. The van der Waals surface area contributed by atoms with Gasteiger partial charge in [0.1, 0.15) is 0 Å². The van der Waals surface area contributed by atoms with Crippen molar-refractivity contribution >= 4 is 28.7 Å². The molecule has 1 heterocycles. The van der Waals surface area contributed by atoms with Gasteiger partial charge >= 0.3 is 5.97 Å². The lowest BCUT2D eigenvalue weighted by molar-refractivity contribution is -0.135. The second-order valence-electron chi connectivity index (χ2n) is 2.07. The molecule has 0 bridgehead atoms. The van der Waals surface area contributed by atoms with Crippen LogP contribution in [0.4, 0.5) is 0 Å². The normalized spacial score (nSPS) is 19.7. The molecule has 0 aromatic rings. The largest absolute Gasteiger partial charge is 0.466 e. The SMILES string of the molecule is COC(=O)/C=C1/SC(C)=NC1=O. The highest BCUT2D eigenvalue weighted by atomic mass is 32.2. The van der Waals surface area contributed by atoms with Crippen molar-refractivity contribution in [2.24, 2.45) is 4.99 Å². The number of aliphatic imine (C=N–C) groups is 1. The van der Waals surface area contributed by atoms with E-state index in [0.717, 1.165) is 6.08 Å². The van der Waals surface area contributed by atoms with E-state index in [0.29, 0.717) is 9.95 Å². The highest BCUT2D eigenvalue weighted by Gasteiger charge is 2.19. The van der Waals surface area contributed by atoms with Crippen molar-refractivity contribution in [3.05, 3.63) is 11.0 Å². The van der Waals surface area contributed by atoms with Crippen molar-refractivity contribution in [1.29, 1.82) is 0 Å². The van der Waals surface area contributed by atoms with Crippen LogP contribution in [0.15, 0.2) is 16.0 Å². The molecule has 0 radical (unpaired) electrons. The summed E-state index contributed by atoms with van der Waals surface area (Å²) in [5.74, 6) is -0.904. The highest BCUT2D eigenvalue weighted by Crippen LogP contribution is 2.25. The zero-order chi connectivity index (χ0) is 9.14. The number of thioether (sulfide) groups is 1. The number of hydrogen-bond donors (Lipinski definition) is 0. The molecule has 64 valence electrons. The predicted molar refractivity (Wildman–Crippen MR) is 45.8 cm³/mol. The number of rotatable bonds is 1. The van der Waals surface area contributed by atoms with E-state index in [2.05, 4.69) is 9.73 Å². The van der Waals surface area contributed by atoms with E-state index in [4.69, 9.17) is 0 Å². The van der Waals surface area contributed by atoms with Crippen molar-refractivity contribution in [3.63, 3.8) is 0 Å². The zero-order valence-corrected chi connectivity index (χ0v) is 7.47. The minimum Gasteiger partial charge on any atom is -0.466 e. The molecule has 1 aliphatic heterocycles. The Kier molecular flexibility index (Phi) is 2.65. The van der Waals surface area contributed by atoms with Gasteiger partial charge in [-0.15, -0.1) is 0 Å². The molecule has 0 atom stereocenters. The maximum Gasteiger partial charge on any atom is 0.331 e. The Balaban J connectivity index is 2.75. The fraction of sp³-hybridized carbons (Fsp3) is 0.286. The van der Waals surface area contributed by atoms with Crippen LogP contribution in [0, 0.1) is 0 Å². The van der Waals surface area contributed by atoms with Gasteiger partial charge in [0.15, 0.2) is 0 Å². The number of amides is 1. The minimum atomic E-state index is -0.532. The van der Waals surface area contributed by atoms with Crippen LogP contribution < -0.4 is 0 Å². The molecule has 0 N–H and O–H groups in total. The number of carbonyl (C=O) groups excluding carboxylic acids is 2. The average molecular weight is 185 g/mol. The Morgan fingerprint density at radius 1 is 1.67 bits per heavy atom. The van der Waals surface area contributed by atoms with Gasteiger partial charge in [-0.3, -0.25) is 4.79 Å². The Morgan fingerprint density at radius 2 is 2.33 bits per heavy atom. The summed E-state index contributed by atoms with van der Waals surface area (Å²) in [6, 6.07) is 0. The van der Waals surface area contributed by atoms with Crippen LogP contribution in [0.25, 0.3) is 0 Å². The van der Waals surface area contributed by atoms with E-state index < -0.39 is 5.97 Å². The lowest BCUT2D eigenvalue weighted by atomic mass is 10.5. The van der Waals surface area contributed by atoms with Gasteiger partial charge in [0.05, 0.1) is 17.1 Å². The summed E-state index contributed by atoms with van der Waals surface area (Å²) >= 11 is 1.18.